The molecular weight excluding hydrogens is 264 g/mol. The van der Waals surface area contributed by atoms with E-state index < -0.39 is 12.1 Å². The van der Waals surface area contributed by atoms with Gasteiger partial charge in [-0.05, 0) is 17.7 Å². The van der Waals surface area contributed by atoms with Crippen molar-refractivity contribution in [2.24, 2.45) is 0 Å². The molecule has 2 atom stereocenters. The molecule has 2 rings (SSSR count). The zero-order chi connectivity index (χ0) is 14.5. The molecule has 2 unspecified atom stereocenters. The summed E-state index contributed by atoms with van der Waals surface area (Å²) >= 11 is 0. The van der Waals surface area contributed by atoms with Gasteiger partial charge in [0.15, 0.2) is 17.6 Å². The molecule has 0 radical (unpaired) electrons. The molecule has 1 aliphatic rings. The number of esters is 1. The van der Waals surface area contributed by atoms with Gasteiger partial charge < -0.3 is 24.1 Å². The van der Waals surface area contributed by atoms with E-state index in [4.69, 9.17) is 14.2 Å². The Labute approximate surface area is 117 Å². The van der Waals surface area contributed by atoms with Crippen molar-refractivity contribution in [3.05, 3.63) is 23.8 Å². The second kappa shape index (κ2) is 6.58. The molecule has 0 aromatic heterocycles. The maximum atomic E-state index is 11.4. The highest BCUT2D eigenvalue weighted by Crippen LogP contribution is 2.32. The number of benzene rings is 1. The number of methoxy groups -OCH3 is 2. The van der Waals surface area contributed by atoms with Crippen molar-refractivity contribution in [3.8, 4) is 11.5 Å². The lowest BCUT2D eigenvalue weighted by atomic mass is 10.1. The number of aliphatic hydroxyl groups excluding tert-OH is 1. The number of hydrogen-bond donors (Lipinski definition) is 1. The van der Waals surface area contributed by atoms with Gasteiger partial charge in [0.2, 0.25) is 0 Å². The number of carbonyl (C=O) groups excluding carboxylic acids is 1. The van der Waals surface area contributed by atoms with Crippen LogP contribution in [-0.2, 0) is 14.3 Å². The van der Waals surface area contributed by atoms with Crippen molar-refractivity contribution in [1.29, 1.82) is 0 Å². The molecule has 6 nitrogen and oxygen atoms in total. The summed E-state index contributed by atoms with van der Waals surface area (Å²) in [6, 6.07) is 4.82. The van der Waals surface area contributed by atoms with Crippen LogP contribution < -0.4 is 9.47 Å². The molecule has 1 aromatic carbocycles. The molecule has 0 bridgehead atoms. The molecular formula is C14H18O6. The van der Waals surface area contributed by atoms with Gasteiger partial charge in [-0.25, -0.2) is 4.79 Å². The van der Waals surface area contributed by atoms with Gasteiger partial charge >= 0.3 is 5.97 Å². The Morgan fingerprint density at radius 2 is 2.20 bits per heavy atom. The van der Waals surface area contributed by atoms with Crippen molar-refractivity contribution < 1.29 is 28.8 Å². The number of hydrogen-bond acceptors (Lipinski definition) is 6. The number of aliphatic hydroxyl groups is 1. The highest BCUT2D eigenvalue weighted by atomic mass is 16.6. The first-order valence-electron chi connectivity index (χ1n) is 6.34. The smallest absolute Gasteiger partial charge is 0.339 e. The summed E-state index contributed by atoms with van der Waals surface area (Å²) in [5.74, 6) is 0.298. The highest BCUT2D eigenvalue weighted by molar-refractivity contribution is 5.76. The fourth-order valence-corrected chi connectivity index (χ4v) is 1.99. The average Bonchev–Trinajstić information content (AvgIpc) is 2.98. The van der Waals surface area contributed by atoms with Gasteiger partial charge in [0, 0.05) is 6.42 Å². The SMILES string of the molecule is COC(=O)C(O)c1ccc(OC)c(OC2CCOC2)c1. The van der Waals surface area contributed by atoms with Crippen LogP contribution in [0.2, 0.25) is 0 Å². The summed E-state index contributed by atoms with van der Waals surface area (Å²) in [7, 11) is 2.76. The molecule has 1 N–H and O–H groups in total. The monoisotopic (exact) mass is 282 g/mol. The van der Waals surface area contributed by atoms with Crippen LogP contribution in [0, 0.1) is 0 Å². The molecule has 1 saturated heterocycles. The Balaban J connectivity index is 2.21. The lowest BCUT2D eigenvalue weighted by Crippen LogP contribution is -2.17. The minimum absolute atomic E-state index is 0.0468. The van der Waals surface area contributed by atoms with Crippen LogP contribution in [0.25, 0.3) is 0 Å². The van der Waals surface area contributed by atoms with Gasteiger partial charge in [-0.15, -0.1) is 0 Å². The number of ether oxygens (including phenoxy) is 4. The van der Waals surface area contributed by atoms with Gasteiger partial charge in [0.05, 0.1) is 27.4 Å². The molecule has 0 amide bonds. The Morgan fingerprint density at radius 1 is 1.40 bits per heavy atom. The second-order valence-electron chi connectivity index (χ2n) is 4.44. The zero-order valence-electron chi connectivity index (χ0n) is 11.5. The standard InChI is InChI=1S/C14H18O6/c1-17-11-4-3-9(13(15)14(16)18-2)7-12(11)20-10-5-6-19-8-10/h3-4,7,10,13,15H,5-6,8H2,1-2H3. The summed E-state index contributed by atoms with van der Waals surface area (Å²) < 4.78 is 20.8. The Bertz CT molecular complexity index is 467. The average molecular weight is 282 g/mol. The Morgan fingerprint density at radius 3 is 2.80 bits per heavy atom. The van der Waals surface area contributed by atoms with E-state index in [-0.39, 0.29) is 6.10 Å². The first-order valence-corrected chi connectivity index (χ1v) is 6.34. The largest absolute Gasteiger partial charge is 0.493 e. The van der Waals surface area contributed by atoms with Crippen LogP contribution in [0.15, 0.2) is 18.2 Å². The fourth-order valence-electron chi connectivity index (χ4n) is 1.99. The van der Waals surface area contributed by atoms with Crippen LogP contribution in [0.3, 0.4) is 0 Å². The van der Waals surface area contributed by atoms with E-state index in [2.05, 4.69) is 4.74 Å². The van der Waals surface area contributed by atoms with Crippen molar-refractivity contribution >= 4 is 5.97 Å². The lowest BCUT2D eigenvalue weighted by molar-refractivity contribution is -0.150. The zero-order valence-corrected chi connectivity index (χ0v) is 11.5. The van der Waals surface area contributed by atoms with E-state index in [9.17, 15) is 9.90 Å². The van der Waals surface area contributed by atoms with E-state index in [0.717, 1.165) is 6.42 Å². The summed E-state index contributed by atoms with van der Waals surface area (Å²) in [5.41, 5.74) is 0.395. The molecule has 1 aromatic rings. The minimum Gasteiger partial charge on any atom is -0.493 e. The van der Waals surface area contributed by atoms with Crippen LogP contribution in [0.4, 0.5) is 0 Å². The minimum atomic E-state index is -1.34. The van der Waals surface area contributed by atoms with Crippen LogP contribution in [-0.4, -0.2) is 44.6 Å². The summed E-state index contributed by atoms with van der Waals surface area (Å²) in [4.78, 5) is 11.4. The molecule has 1 aliphatic heterocycles. The maximum Gasteiger partial charge on any atom is 0.339 e. The fraction of sp³-hybridized carbons (Fsp3) is 0.500. The summed E-state index contributed by atoms with van der Waals surface area (Å²) in [5, 5.41) is 9.84. The van der Waals surface area contributed by atoms with Gasteiger partial charge in [-0.1, -0.05) is 6.07 Å². The van der Waals surface area contributed by atoms with Crippen LogP contribution >= 0.6 is 0 Å². The van der Waals surface area contributed by atoms with Gasteiger partial charge in [-0.3, -0.25) is 0 Å². The third-order valence-corrected chi connectivity index (χ3v) is 3.11. The van der Waals surface area contributed by atoms with Gasteiger partial charge in [0.1, 0.15) is 6.10 Å². The topological polar surface area (TPSA) is 74.2 Å². The molecule has 0 aliphatic carbocycles. The van der Waals surface area contributed by atoms with Crippen LogP contribution in [0.1, 0.15) is 18.1 Å². The van der Waals surface area contributed by atoms with Crippen molar-refractivity contribution in [2.75, 3.05) is 27.4 Å². The lowest BCUT2D eigenvalue weighted by Gasteiger charge is -2.17. The Hall–Kier alpha value is -1.79. The predicted molar refractivity (Wildman–Crippen MR) is 69.8 cm³/mol. The molecule has 20 heavy (non-hydrogen) atoms. The molecule has 1 heterocycles. The highest BCUT2D eigenvalue weighted by Gasteiger charge is 2.22. The molecule has 1 fully saturated rings. The Kier molecular flexibility index (Phi) is 4.81. The van der Waals surface area contributed by atoms with Gasteiger partial charge in [-0.2, -0.15) is 0 Å². The van der Waals surface area contributed by atoms with E-state index in [0.29, 0.717) is 30.3 Å². The summed E-state index contributed by atoms with van der Waals surface area (Å²) in [6.07, 6.45) is -0.588. The van der Waals surface area contributed by atoms with Crippen molar-refractivity contribution in [2.45, 2.75) is 18.6 Å². The quantitative estimate of drug-likeness (QED) is 0.814. The predicted octanol–water partition coefficient (Wildman–Crippen LogP) is 1.07. The van der Waals surface area contributed by atoms with E-state index in [1.165, 1.54) is 14.2 Å². The van der Waals surface area contributed by atoms with E-state index in [1.807, 2.05) is 0 Å². The number of rotatable bonds is 5. The first-order chi connectivity index (χ1) is 9.65. The maximum absolute atomic E-state index is 11.4. The number of carbonyl (C=O) groups is 1. The molecule has 6 heteroatoms. The van der Waals surface area contributed by atoms with Gasteiger partial charge in [0.25, 0.3) is 0 Å². The third-order valence-electron chi connectivity index (χ3n) is 3.11. The van der Waals surface area contributed by atoms with Crippen molar-refractivity contribution in [1.82, 2.24) is 0 Å². The first kappa shape index (κ1) is 14.6. The summed E-state index contributed by atoms with van der Waals surface area (Å²) in [6.45, 7) is 1.18. The second-order valence-corrected chi connectivity index (χ2v) is 4.44. The van der Waals surface area contributed by atoms with E-state index >= 15 is 0 Å². The van der Waals surface area contributed by atoms with E-state index in [1.54, 1.807) is 18.2 Å². The molecule has 0 saturated carbocycles. The van der Waals surface area contributed by atoms with Crippen LogP contribution in [0.5, 0.6) is 11.5 Å². The molecule has 0 spiro atoms. The normalized spacial score (nSPS) is 19.4. The van der Waals surface area contributed by atoms with Crippen molar-refractivity contribution in [3.63, 3.8) is 0 Å². The third kappa shape index (κ3) is 3.20. The molecule has 110 valence electrons.